The first-order chi connectivity index (χ1) is 12.6. The van der Waals surface area contributed by atoms with Crippen molar-refractivity contribution in [3.63, 3.8) is 0 Å². The molecule has 0 bridgehead atoms. The summed E-state index contributed by atoms with van der Waals surface area (Å²) in [6.45, 7) is 2.52. The summed E-state index contributed by atoms with van der Waals surface area (Å²) in [6.07, 6.45) is 6.75. The quantitative estimate of drug-likeness (QED) is 0.764. The van der Waals surface area contributed by atoms with E-state index in [2.05, 4.69) is 10.6 Å². The third kappa shape index (κ3) is 2.91. The van der Waals surface area contributed by atoms with E-state index >= 15 is 0 Å². The maximum absolute atomic E-state index is 14.1. The average Bonchev–Trinajstić information content (AvgIpc) is 3.19. The molecule has 2 aliphatic heterocycles. The Morgan fingerprint density at radius 2 is 2.15 bits per heavy atom. The second-order valence-electron chi connectivity index (χ2n) is 6.73. The van der Waals surface area contributed by atoms with Crippen LogP contribution in [0.15, 0.2) is 41.5 Å². The van der Waals surface area contributed by atoms with E-state index in [-0.39, 0.29) is 11.6 Å². The Kier molecular flexibility index (Phi) is 4.50. The van der Waals surface area contributed by atoms with Crippen molar-refractivity contribution in [3.05, 3.63) is 56.8 Å². The Morgan fingerprint density at radius 1 is 1.38 bits per heavy atom. The standard InChI is InChI=1S/C19H21FN4OS/c1-22-9-12-6-13(7-15(20)18(12)21)24-10-17-14(19(24)25)8-16(26-17)11-2-4-23-5-3-11/h6-9,11,21-23H,2-5,10H2,1H3/b12-9-,21-18?. The zero-order chi connectivity index (χ0) is 18.3. The molecule has 0 radical (unpaired) electrons. The highest BCUT2D eigenvalue weighted by molar-refractivity contribution is 7.12. The number of nitrogens with one attached hydrogen (secondary N) is 3. The SMILES string of the molecule is CN/C=C1/C=C(N2Cc3sc(C4CCNCC4)cc3C2=O)C=C(F)C1=N. The van der Waals surface area contributed by atoms with Crippen molar-refractivity contribution in [2.75, 3.05) is 20.1 Å². The maximum Gasteiger partial charge on any atom is 0.259 e. The van der Waals surface area contributed by atoms with E-state index in [0.29, 0.717) is 23.7 Å². The third-order valence-electron chi connectivity index (χ3n) is 5.06. The molecule has 1 aromatic rings. The third-order valence-corrected chi connectivity index (χ3v) is 6.35. The van der Waals surface area contributed by atoms with Crippen LogP contribution in [-0.4, -0.2) is 36.7 Å². The Morgan fingerprint density at radius 3 is 2.85 bits per heavy atom. The molecule has 0 atom stereocenters. The molecule has 1 aliphatic carbocycles. The van der Waals surface area contributed by atoms with Crippen molar-refractivity contribution in [1.82, 2.24) is 15.5 Å². The van der Waals surface area contributed by atoms with Crippen LogP contribution in [0.2, 0.25) is 0 Å². The molecule has 0 aromatic carbocycles. The molecule has 4 rings (SSSR count). The first-order valence-electron chi connectivity index (χ1n) is 8.79. The van der Waals surface area contributed by atoms with Crippen LogP contribution >= 0.6 is 11.3 Å². The summed E-state index contributed by atoms with van der Waals surface area (Å²) in [4.78, 5) is 16.8. The Labute approximate surface area is 155 Å². The molecular formula is C19H21FN4OS. The molecule has 7 heteroatoms. The number of rotatable bonds is 3. The predicted octanol–water partition coefficient (Wildman–Crippen LogP) is 3.04. The lowest BCUT2D eigenvalue weighted by molar-refractivity contribution is 0.0831. The van der Waals surface area contributed by atoms with Gasteiger partial charge >= 0.3 is 0 Å². The molecule has 1 fully saturated rings. The highest BCUT2D eigenvalue weighted by Gasteiger charge is 2.34. The normalized spacial score (nSPS) is 22.5. The molecule has 3 heterocycles. The molecule has 3 aliphatic rings. The van der Waals surface area contributed by atoms with Gasteiger partial charge in [0.1, 0.15) is 0 Å². The molecule has 0 saturated carbocycles. The number of thiophene rings is 1. The number of hydrogen-bond donors (Lipinski definition) is 3. The van der Waals surface area contributed by atoms with E-state index in [9.17, 15) is 9.18 Å². The zero-order valence-electron chi connectivity index (χ0n) is 14.6. The van der Waals surface area contributed by atoms with Crippen LogP contribution in [0.1, 0.15) is 38.9 Å². The van der Waals surface area contributed by atoms with Gasteiger partial charge in [0.05, 0.1) is 17.8 Å². The van der Waals surface area contributed by atoms with E-state index < -0.39 is 5.83 Å². The topological polar surface area (TPSA) is 68.2 Å². The summed E-state index contributed by atoms with van der Waals surface area (Å²) in [7, 11) is 1.70. The summed E-state index contributed by atoms with van der Waals surface area (Å²) < 4.78 is 14.1. The maximum atomic E-state index is 14.1. The minimum atomic E-state index is -0.623. The molecule has 1 amide bonds. The highest BCUT2D eigenvalue weighted by Crippen LogP contribution is 2.39. The van der Waals surface area contributed by atoms with Crippen molar-refractivity contribution >= 4 is 23.0 Å². The Hall–Kier alpha value is -2.25. The van der Waals surface area contributed by atoms with E-state index in [1.54, 1.807) is 35.6 Å². The molecule has 1 aromatic heterocycles. The van der Waals surface area contributed by atoms with Crippen LogP contribution in [0.5, 0.6) is 0 Å². The predicted molar refractivity (Wildman–Crippen MR) is 101 cm³/mol. The van der Waals surface area contributed by atoms with Gasteiger partial charge in [-0.2, -0.15) is 0 Å². The largest absolute Gasteiger partial charge is 0.393 e. The summed E-state index contributed by atoms with van der Waals surface area (Å²) in [5.41, 5.74) is 1.51. The monoisotopic (exact) mass is 372 g/mol. The van der Waals surface area contributed by atoms with Crippen LogP contribution in [0, 0.1) is 5.41 Å². The number of carbonyl (C=O) groups is 1. The lowest BCUT2D eigenvalue weighted by atomic mass is 9.96. The lowest BCUT2D eigenvalue weighted by Gasteiger charge is -2.23. The first kappa shape index (κ1) is 17.2. The summed E-state index contributed by atoms with van der Waals surface area (Å²) in [6, 6.07) is 2.04. The number of allylic oxidation sites excluding steroid dienone is 4. The van der Waals surface area contributed by atoms with Gasteiger partial charge in [-0.1, -0.05) is 0 Å². The molecule has 0 unspecified atom stereocenters. The van der Waals surface area contributed by atoms with E-state index in [1.807, 2.05) is 6.07 Å². The van der Waals surface area contributed by atoms with Gasteiger partial charge in [0, 0.05) is 34.3 Å². The van der Waals surface area contributed by atoms with Gasteiger partial charge < -0.3 is 15.5 Å². The second kappa shape index (κ2) is 6.81. The van der Waals surface area contributed by atoms with Crippen LogP contribution < -0.4 is 10.6 Å². The first-order valence-corrected chi connectivity index (χ1v) is 9.61. The molecule has 3 N–H and O–H groups in total. The fraction of sp³-hybridized carbons (Fsp3) is 0.368. The summed E-state index contributed by atoms with van der Waals surface area (Å²) >= 11 is 1.71. The van der Waals surface area contributed by atoms with Gasteiger partial charge in [-0.25, -0.2) is 4.39 Å². The van der Waals surface area contributed by atoms with Crippen LogP contribution in [0.25, 0.3) is 0 Å². The van der Waals surface area contributed by atoms with E-state index in [1.165, 1.54) is 11.0 Å². The van der Waals surface area contributed by atoms with Gasteiger partial charge in [-0.15, -0.1) is 11.3 Å². The minimum absolute atomic E-state index is 0.0797. The van der Waals surface area contributed by atoms with Gasteiger partial charge in [0.25, 0.3) is 5.91 Å². The fourth-order valence-electron chi connectivity index (χ4n) is 3.66. The zero-order valence-corrected chi connectivity index (χ0v) is 15.4. The lowest BCUT2D eigenvalue weighted by Crippen LogP contribution is -2.27. The number of nitrogens with zero attached hydrogens (tertiary/aromatic N) is 1. The number of piperidine rings is 1. The number of hydrogen-bond acceptors (Lipinski definition) is 5. The molecule has 5 nitrogen and oxygen atoms in total. The molecule has 136 valence electrons. The number of amides is 1. The highest BCUT2D eigenvalue weighted by atomic mass is 32.1. The minimum Gasteiger partial charge on any atom is -0.393 e. The van der Waals surface area contributed by atoms with Gasteiger partial charge in [0.2, 0.25) is 0 Å². The second-order valence-corrected chi connectivity index (χ2v) is 7.89. The van der Waals surface area contributed by atoms with Gasteiger partial charge in [-0.3, -0.25) is 10.2 Å². The average molecular weight is 372 g/mol. The smallest absolute Gasteiger partial charge is 0.259 e. The van der Waals surface area contributed by atoms with E-state index in [0.717, 1.165) is 36.4 Å². The Balaban J connectivity index is 1.59. The van der Waals surface area contributed by atoms with Gasteiger partial charge in [-0.05, 0) is 50.1 Å². The van der Waals surface area contributed by atoms with Crippen LogP contribution in [0.4, 0.5) is 4.39 Å². The molecular weight excluding hydrogens is 351 g/mol. The van der Waals surface area contributed by atoms with Crippen molar-refractivity contribution in [1.29, 1.82) is 5.41 Å². The Bertz CT molecular complexity index is 861. The molecule has 0 spiro atoms. The van der Waals surface area contributed by atoms with E-state index in [4.69, 9.17) is 5.41 Å². The van der Waals surface area contributed by atoms with Gasteiger partial charge in [0.15, 0.2) is 5.83 Å². The van der Waals surface area contributed by atoms with Crippen LogP contribution in [0.3, 0.4) is 0 Å². The molecule has 26 heavy (non-hydrogen) atoms. The summed E-state index contributed by atoms with van der Waals surface area (Å²) in [5, 5.41) is 14.0. The number of carbonyl (C=O) groups excluding carboxylic acids is 1. The van der Waals surface area contributed by atoms with Crippen molar-refractivity contribution in [3.8, 4) is 0 Å². The van der Waals surface area contributed by atoms with Crippen molar-refractivity contribution < 1.29 is 9.18 Å². The fourth-order valence-corrected chi connectivity index (χ4v) is 4.98. The summed E-state index contributed by atoms with van der Waals surface area (Å²) in [5.74, 6) is -0.170. The van der Waals surface area contributed by atoms with Crippen LogP contribution in [-0.2, 0) is 6.54 Å². The molecule has 1 saturated heterocycles. The van der Waals surface area contributed by atoms with Crippen molar-refractivity contribution in [2.45, 2.75) is 25.3 Å². The van der Waals surface area contributed by atoms with Crippen molar-refractivity contribution in [2.24, 2.45) is 0 Å². The number of fused-ring (bicyclic) bond motifs is 1. The number of halogens is 1.